The smallest absolute Gasteiger partial charge is 0.0402 e. The van der Waals surface area contributed by atoms with Crippen LogP contribution in [0.15, 0.2) is 0 Å². The van der Waals surface area contributed by atoms with E-state index in [-0.39, 0.29) is 6.61 Å². The largest absolute Gasteiger partial charge is 0.397 e. The fourth-order valence-corrected chi connectivity index (χ4v) is 2.01. The predicted octanol–water partition coefficient (Wildman–Crippen LogP) is 2.53. The minimum Gasteiger partial charge on any atom is -0.397 e. The van der Waals surface area contributed by atoms with Crippen molar-refractivity contribution < 1.29 is 5.11 Å². The van der Waals surface area contributed by atoms with Crippen molar-refractivity contribution in [3.05, 3.63) is 0 Å². The fourth-order valence-electron chi connectivity index (χ4n) is 0.671. The molecule has 0 bridgehead atoms. The van der Waals surface area contributed by atoms with Crippen LogP contribution < -0.4 is 0 Å². The second kappa shape index (κ2) is 12.1. The van der Waals surface area contributed by atoms with Crippen molar-refractivity contribution in [2.75, 3.05) is 25.1 Å². The third-order valence-corrected chi connectivity index (χ3v) is 4.02. The molecule has 1 N–H and O–H groups in total. The second-order valence-corrected chi connectivity index (χ2v) is 5.17. The summed E-state index contributed by atoms with van der Waals surface area (Å²) in [5, 5.41) is 7.57. The molecule has 0 aromatic rings. The highest BCUT2D eigenvalue weighted by atomic mass is 31.1. The lowest BCUT2D eigenvalue weighted by Gasteiger charge is -2.07. The Hall–Kier alpha value is 0.390. The van der Waals surface area contributed by atoms with Crippen molar-refractivity contribution in [3.8, 4) is 0 Å². The lowest BCUT2D eigenvalue weighted by Crippen LogP contribution is -1.83. The second-order valence-electron chi connectivity index (χ2n) is 1.94. The predicted molar refractivity (Wildman–Crippen MR) is 51.3 cm³/mol. The molecule has 0 fully saturated rings. The van der Waals surface area contributed by atoms with E-state index in [9.17, 15) is 0 Å². The van der Waals surface area contributed by atoms with Crippen molar-refractivity contribution in [2.24, 2.45) is 0 Å². The highest BCUT2D eigenvalue weighted by Gasteiger charge is 1.94. The fraction of sp³-hybridized carbons (Fsp3) is 1.00. The number of hydrogen-bond donors (Lipinski definition) is 1. The number of aliphatic hydroxyl groups excluding tert-OH is 1. The van der Waals surface area contributed by atoms with E-state index in [1.165, 1.54) is 18.5 Å². The molecule has 0 amide bonds. The van der Waals surface area contributed by atoms with Crippen molar-refractivity contribution in [1.29, 1.82) is 0 Å². The summed E-state index contributed by atoms with van der Waals surface area (Å²) in [4.78, 5) is 0. The van der Waals surface area contributed by atoms with Gasteiger partial charge in [0.15, 0.2) is 0 Å². The van der Waals surface area contributed by atoms with Crippen LogP contribution in [0, 0.1) is 0 Å². The van der Waals surface area contributed by atoms with Gasteiger partial charge in [0.25, 0.3) is 0 Å². The summed E-state index contributed by atoms with van der Waals surface area (Å²) in [5.74, 6) is 0. The average Bonchev–Trinajstić information content (AvgIpc) is 1.93. The van der Waals surface area contributed by atoms with Crippen LogP contribution in [0.3, 0.4) is 0 Å². The van der Waals surface area contributed by atoms with Crippen molar-refractivity contribution >= 4 is 7.92 Å². The van der Waals surface area contributed by atoms with Crippen LogP contribution in [-0.4, -0.2) is 30.2 Å². The van der Waals surface area contributed by atoms with Gasteiger partial charge in [-0.2, -0.15) is 0 Å². The maximum Gasteiger partial charge on any atom is 0.0402 e. The molecular weight excluding hydrogens is 143 g/mol. The van der Waals surface area contributed by atoms with Gasteiger partial charge in [-0.3, -0.25) is 0 Å². The summed E-state index contributed by atoms with van der Waals surface area (Å²) in [5.41, 5.74) is 0. The van der Waals surface area contributed by atoms with Gasteiger partial charge in [0, 0.05) is 6.61 Å². The van der Waals surface area contributed by atoms with E-state index in [0.29, 0.717) is 7.92 Å². The summed E-state index contributed by atoms with van der Waals surface area (Å²) >= 11 is 0. The Bertz CT molecular complexity index is 39.0. The Balaban J connectivity index is 0. The van der Waals surface area contributed by atoms with Gasteiger partial charge in [-0.05, 0) is 25.4 Å². The zero-order valence-electron chi connectivity index (χ0n) is 7.72. The van der Waals surface area contributed by atoms with Crippen molar-refractivity contribution in [3.63, 3.8) is 0 Å². The van der Waals surface area contributed by atoms with Gasteiger partial charge in [0.1, 0.15) is 0 Å². The Kier molecular flexibility index (Phi) is 15.8. The standard InChI is InChI=1S/C6H15P.C2H6O/c1-4-7(5-2)6-3;1-2-3/h4-6H2,1-3H3;3H,2H2,1H3. The monoisotopic (exact) mass is 164 g/mol. The molecule has 0 radical (unpaired) electrons. The first-order valence-corrected chi connectivity index (χ1v) is 5.99. The first kappa shape index (κ1) is 13.0. The first-order valence-electron chi connectivity index (χ1n) is 4.09. The average molecular weight is 164 g/mol. The molecule has 0 saturated heterocycles. The van der Waals surface area contributed by atoms with E-state index < -0.39 is 0 Å². The topological polar surface area (TPSA) is 20.2 Å². The van der Waals surface area contributed by atoms with Crippen LogP contribution in [0.1, 0.15) is 27.7 Å². The molecule has 0 aliphatic rings. The van der Waals surface area contributed by atoms with Gasteiger partial charge in [0.05, 0.1) is 0 Å². The van der Waals surface area contributed by atoms with E-state index >= 15 is 0 Å². The summed E-state index contributed by atoms with van der Waals surface area (Å²) in [6.07, 6.45) is 4.26. The highest BCUT2D eigenvalue weighted by Crippen LogP contribution is 2.32. The Labute approximate surface area is 66.6 Å². The molecule has 0 unspecified atom stereocenters. The molecule has 64 valence electrons. The molecule has 0 spiro atoms. The van der Waals surface area contributed by atoms with Crippen LogP contribution in [0.5, 0.6) is 0 Å². The molecule has 2 heteroatoms. The highest BCUT2D eigenvalue weighted by molar-refractivity contribution is 7.57. The van der Waals surface area contributed by atoms with Gasteiger partial charge >= 0.3 is 0 Å². The Morgan fingerprint density at radius 1 is 0.900 bits per heavy atom. The lowest BCUT2D eigenvalue weighted by atomic mass is 10.9. The first-order chi connectivity index (χ1) is 4.76. The molecule has 0 atom stereocenters. The maximum atomic E-state index is 7.57. The number of rotatable bonds is 3. The summed E-state index contributed by atoms with van der Waals surface area (Å²) in [7, 11) is 0.446. The number of aliphatic hydroxyl groups is 1. The van der Waals surface area contributed by atoms with Crippen LogP contribution >= 0.6 is 7.92 Å². The van der Waals surface area contributed by atoms with Crippen LogP contribution in [0.25, 0.3) is 0 Å². The normalized spacial score (nSPS) is 9.00. The Morgan fingerprint density at radius 3 is 1.10 bits per heavy atom. The molecule has 10 heavy (non-hydrogen) atoms. The van der Waals surface area contributed by atoms with Gasteiger partial charge in [-0.25, -0.2) is 0 Å². The molecule has 0 heterocycles. The van der Waals surface area contributed by atoms with E-state index in [2.05, 4.69) is 20.8 Å². The van der Waals surface area contributed by atoms with E-state index in [1.54, 1.807) is 6.92 Å². The zero-order chi connectivity index (χ0) is 8.41. The maximum absolute atomic E-state index is 7.57. The molecule has 1 nitrogen and oxygen atoms in total. The minimum atomic E-state index is 0.250. The molecule has 0 aliphatic heterocycles. The molecule has 0 saturated carbocycles. The molecule has 0 aromatic carbocycles. The van der Waals surface area contributed by atoms with Gasteiger partial charge in [-0.15, -0.1) is 7.92 Å². The zero-order valence-corrected chi connectivity index (χ0v) is 8.62. The van der Waals surface area contributed by atoms with Gasteiger partial charge in [-0.1, -0.05) is 20.8 Å². The summed E-state index contributed by atoms with van der Waals surface area (Å²) < 4.78 is 0. The van der Waals surface area contributed by atoms with Crippen molar-refractivity contribution in [2.45, 2.75) is 27.7 Å². The SMILES string of the molecule is CCO.CCP(CC)CC. The molecule has 0 aromatic heterocycles. The Morgan fingerprint density at radius 2 is 1.10 bits per heavy atom. The number of hydrogen-bond acceptors (Lipinski definition) is 1. The van der Waals surface area contributed by atoms with Gasteiger partial charge < -0.3 is 5.11 Å². The molecular formula is C8H21OP. The summed E-state index contributed by atoms with van der Waals surface area (Å²) in [6, 6.07) is 0. The summed E-state index contributed by atoms with van der Waals surface area (Å²) in [6.45, 7) is 8.80. The van der Waals surface area contributed by atoms with E-state index in [1.807, 2.05) is 0 Å². The van der Waals surface area contributed by atoms with Crippen LogP contribution in [0.4, 0.5) is 0 Å². The van der Waals surface area contributed by atoms with E-state index in [4.69, 9.17) is 5.11 Å². The van der Waals surface area contributed by atoms with Crippen LogP contribution in [0.2, 0.25) is 0 Å². The van der Waals surface area contributed by atoms with Crippen LogP contribution in [-0.2, 0) is 0 Å². The van der Waals surface area contributed by atoms with Gasteiger partial charge in [0.2, 0.25) is 0 Å². The third kappa shape index (κ3) is 11.2. The van der Waals surface area contributed by atoms with Crippen molar-refractivity contribution in [1.82, 2.24) is 0 Å². The lowest BCUT2D eigenvalue weighted by molar-refractivity contribution is 0.318. The quantitative estimate of drug-likeness (QED) is 0.635. The van der Waals surface area contributed by atoms with E-state index in [0.717, 1.165) is 0 Å². The third-order valence-electron chi connectivity index (χ3n) is 1.34. The molecule has 0 aliphatic carbocycles. The minimum absolute atomic E-state index is 0.250. The molecule has 0 rings (SSSR count).